The molecule has 1 aromatic heterocycles. The standard InChI is InChI=1S/C22H26FN3O3/c1-12(2)24-22(29)20(27)19-14(4)18(17-7-5-6-10-26(17)19)21(28)25-15-8-9-16(23)13(3)11-15/h8-9,11-12H,5-7,10H2,1-4H3,(H,24,29)(H,25,28). The highest BCUT2D eigenvalue weighted by Crippen LogP contribution is 2.29. The topological polar surface area (TPSA) is 80.2 Å². The molecule has 0 saturated carbocycles. The van der Waals surface area contributed by atoms with Gasteiger partial charge in [-0.15, -0.1) is 0 Å². The number of ketones is 1. The number of fused-ring (bicyclic) bond motifs is 1. The second-order valence-electron chi connectivity index (χ2n) is 7.78. The zero-order valence-corrected chi connectivity index (χ0v) is 17.2. The van der Waals surface area contributed by atoms with Crippen LogP contribution in [0, 0.1) is 19.7 Å². The quantitative estimate of drug-likeness (QED) is 0.596. The number of rotatable bonds is 5. The Morgan fingerprint density at radius 1 is 1.14 bits per heavy atom. The first-order chi connectivity index (χ1) is 13.7. The Morgan fingerprint density at radius 3 is 2.52 bits per heavy atom. The normalized spacial score (nSPS) is 13.2. The molecule has 6 nitrogen and oxygen atoms in total. The summed E-state index contributed by atoms with van der Waals surface area (Å²) in [6.45, 7) is 7.49. The molecule has 2 N–H and O–H groups in total. The van der Waals surface area contributed by atoms with Crippen LogP contribution in [0.3, 0.4) is 0 Å². The number of carbonyl (C=O) groups is 3. The molecule has 2 aromatic rings. The van der Waals surface area contributed by atoms with Crippen molar-refractivity contribution in [2.75, 3.05) is 5.32 Å². The number of amides is 2. The molecule has 0 aliphatic carbocycles. The number of carbonyl (C=O) groups excluding carboxylic acids is 3. The van der Waals surface area contributed by atoms with Crippen molar-refractivity contribution in [3.63, 3.8) is 0 Å². The summed E-state index contributed by atoms with van der Waals surface area (Å²) in [5, 5.41) is 5.43. The van der Waals surface area contributed by atoms with E-state index in [0.29, 0.717) is 35.3 Å². The molecular formula is C22H26FN3O3. The lowest BCUT2D eigenvalue weighted by Gasteiger charge is -2.18. The van der Waals surface area contributed by atoms with E-state index in [1.807, 2.05) is 4.57 Å². The van der Waals surface area contributed by atoms with Crippen LogP contribution in [0.2, 0.25) is 0 Å². The number of halogens is 1. The van der Waals surface area contributed by atoms with Gasteiger partial charge in [-0.25, -0.2) is 4.39 Å². The van der Waals surface area contributed by atoms with Crippen molar-refractivity contribution in [3.8, 4) is 0 Å². The average molecular weight is 399 g/mol. The first-order valence-corrected chi connectivity index (χ1v) is 9.85. The maximum absolute atomic E-state index is 13.5. The van der Waals surface area contributed by atoms with Crippen molar-refractivity contribution in [2.45, 2.75) is 59.5 Å². The first kappa shape index (κ1) is 20.8. The minimum absolute atomic E-state index is 0.160. The monoisotopic (exact) mass is 399 g/mol. The van der Waals surface area contributed by atoms with Gasteiger partial charge in [0, 0.05) is 24.0 Å². The molecule has 0 fully saturated rings. The Labute approximate surface area is 169 Å². The summed E-state index contributed by atoms with van der Waals surface area (Å²) in [4.78, 5) is 38.2. The van der Waals surface area contributed by atoms with Gasteiger partial charge in [0.2, 0.25) is 0 Å². The summed E-state index contributed by atoms with van der Waals surface area (Å²) in [6, 6.07) is 4.21. The van der Waals surface area contributed by atoms with Crippen molar-refractivity contribution in [3.05, 3.63) is 52.1 Å². The predicted molar refractivity (Wildman–Crippen MR) is 109 cm³/mol. The zero-order chi connectivity index (χ0) is 21.3. The highest BCUT2D eigenvalue weighted by atomic mass is 19.1. The molecule has 1 aliphatic rings. The van der Waals surface area contributed by atoms with E-state index in [-0.39, 0.29) is 23.5 Å². The molecular weight excluding hydrogens is 373 g/mol. The smallest absolute Gasteiger partial charge is 0.294 e. The molecule has 0 unspecified atom stereocenters. The van der Waals surface area contributed by atoms with E-state index in [2.05, 4.69) is 10.6 Å². The number of hydrogen-bond donors (Lipinski definition) is 2. The van der Waals surface area contributed by atoms with Crippen LogP contribution in [0.5, 0.6) is 0 Å². The van der Waals surface area contributed by atoms with Crippen LogP contribution in [0.25, 0.3) is 0 Å². The molecule has 0 bridgehead atoms. The number of hydrogen-bond acceptors (Lipinski definition) is 3. The van der Waals surface area contributed by atoms with Gasteiger partial charge in [-0.05, 0) is 76.3 Å². The summed E-state index contributed by atoms with van der Waals surface area (Å²) >= 11 is 0. The fourth-order valence-corrected chi connectivity index (χ4v) is 3.82. The average Bonchev–Trinajstić information content (AvgIpc) is 2.95. The molecule has 29 heavy (non-hydrogen) atoms. The zero-order valence-electron chi connectivity index (χ0n) is 17.2. The summed E-state index contributed by atoms with van der Waals surface area (Å²) in [5.41, 5.74) is 2.88. The fourth-order valence-electron chi connectivity index (χ4n) is 3.82. The van der Waals surface area contributed by atoms with Gasteiger partial charge in [0.25, 0.3) is 17.6 Å². The third-order valence-electron chi connectivity index (χ3n) is 5.14. The second-order valence-corrected chi connectivity index (χ2v) is 7.78. The van der Waals surface area contributed by atoms with E-state index in [1.165, 1.54) is 12.1 Å². The highest BCUT2D eigenvalue weighted by molar-refractivity contribution is 6.43. The number of anilines is 1. The number of Topliss-reactive ketones (excluding diaryl/α,β-unsaturated/α-hetero) is 1. The summed E-state index contributed by atoms with van der Waals surface area (Å²) in [7, 11) is 0. The van der Waals surface area contributed by atoms with E-state index in [1.54, 1.807) is 33.8 Å². The van der Waals surface area contributed by atoms with Crippen LogP contribution in [0.4, 0.5) is 10.1 Å². The lowest BCUT2D eigenvalue weighted by Crippen LogP contribution is -2.37. The Hall–Kier alpha value is -2.96. The van der Waals surface area contributed by atoms with E-state index >= 15 is 0 Å². The molecule has 7 heteroatoms. The Morgan fingerprint density at radius 2 is 1.86 bits per heavy atom. The Bertz CT molecular complexity index is 992. The lowest BCUT2D eigenvalue weighted by molar-refractivity contribution is -0.117. The number of nitrogens with one attached hydrogen (secondary N) is 2. The van der Waals surface area contributed by atoms with Gasteiger partial charge in [0.1, 0.15) is 5.82 Å². The summed E-state index contributed by atoms with van der Waals surface area (Å²) in [6.07, 6.45) is 2.45. The molecule has 1 aliphatic heterocycles. The molecule has 2 amide bonds. The molecule has 2 heterocycles. The van der Waals surface area contributed by atoms with Gasteiger partial charge in [-0.1, -0.05) is 0 Å². The van der Waals surface area contributed by atoms with Crippen molar-refractivity contribution < 1.29 is 18.8 Å². The maximum atomic E-state index is 13.5. The second kappa shape index (κ2) is 8.19. The van der Waals surface area contributed by atoms with Gasteiger partial charge < -0.3 is 15.2 Å². The third kappa shape index (κ3) is 4.09. The van der Waals surface area contributed by atoms with Crippen LogP contribution in [0.15, 0.2) is 18.2 Å². The van der Waals surface area contributed by atoms with Crippen molar-refractivity contribution in [2.24, 2.45) is 0 Å². The van der Waals surface area contributed by atoms with E-state index in [0.717, 1.165) is 18.5 Å². The highest BCUT2D eigenvalue weighted by Gasteiger charge is 2.32. The number of nitrogens with zero attached hydrogens (tertiary/aromatic N) is 1. The van der Waals surface area contributed by atoms with Crippen molar-refractivity contribution in [1.82, 2.24) is 9.88 Å². The van der Waals surface area contributed by atoms with Crippen LogP contribution >= 0.6 is 0 Å². The molecule has 0 saturated heterocycles. The molecule has 0 spiro atoms. The fraction of sp³-hybridized carbons (Fsp3) is 0.409. The third-order valence-corrected chi connectivity index (χ3v) is 5.14. The van der Waals surface area contributed by atoms with Gasteiger partial charge in [-0.3, -0.25) is 14.4 Å². The SMILES string of the molecule is Cc1cc(NC(=O)c2c(C)c(C(=O)C(=O)NC(C)C)n3c2CCCC3)ccc1F. The minimum Gasteiger partial charge on any atom is -0.347 e. The van der Waals surface area contributed by atoms with Gasteiger partial charge in [0.05, 0.1) is 11.3 Å². The van der Waals surface area contributed by atoms with Crippen molar-refractivity contribution >= 4 is 23.3 Å². The van der Waals surface area contributed by atoms with Crippen LogP contribution in [-0.4, -0.2) is 28.2 Å². The van der Waals surface area contributed by atoms with Gasteiger partial charge in [0.15, 0.2) is 0 Å². The van der Waals surface area contributed by atoms with E-state index < -0.39 is 11.7 Å². The number of aromatic nitrogens is 1. The summed E-state index contributed by atoms with van der Waals surface area (Å²) < 4.78 is 15.3. The summed E-state index contributed by atoms with van der Waals surface area (Å²) in [5.74, 6) is -2.00. The Balaban J connectivity index is 1.99. The van der Waals surface area contributed by atoms with Gasteiger partial charge >= 0.3 is 0 Å². The number of aryl methyl sites for hydroxylation is 1. The van der Waals surface area contributed by atoms with Gasteiger partial charge in [-0.2, -0.15) is 0 Å². The van der Waals surface area contributed by atoms with E-state index in [4.69, 9.17) is 0 Å². The molecule has 0 atom stereocenters. The Kier molecular flexibility index (Phi) is 5.86. The number of benzene rings is 1. The molecule has 3 rings (SSSR count). The van der Waals surface area contributed by atoms with Crippen LogP contribution < -0.4 is 10.6 Å². The van der Waals surface area contributed by atoms with Crippen LogP contribution in [0.1, 0.15) is 64.4 Å². The largest absolute Gasteiger partial charge is 0.347 e. The van der Waals surface area contributed by atoms with Crippen molar-refractivity contribution in [1.29, 1.82) is 0 Å². The predicted octanol–water partition coefficient (Wildman–Crippen LogP) is 3.54. The first-order valence-electron chi connectivity index (χ1n) is 9.85. The molecule has 1 aromatic carbocycles. The minimum atomic E-state index is -0.671. The van der Waals surface area contributed by atoms with E-state index in [9.17, 15) is 18.8 Å². The van der Waals surface area contributed by atoms with Crippen LogP contribution in [-0.2, 0) is 17.8 Å². The molecule has 154 valence electrons. The molecule has 0 radical (unpaired) electrons. The lowest BCUT2D eigenvalue weighted by atomic mass is 10.0. The maximum Gasteiger partial charge on any atom is 0.294 e.